The number of carbonyl (C=O) groups is 1. The molecule has 0 bridgehead atoms. The molecule has 2 nitrogen and oxygen atoms in total. The van der Waals surface area contributed by atoms with E-state index >= 15 is 0 Å². The molecule has 88 valence electrons. The molecule has 0 aliphatic heterocycles. The van der Waals surface area contributed by atoms with Crippen molar-refractivity contribution < 1.29 is 4.79 Å². The maximum absolute atomic E-state index is 11.6. The standard InChI is InChI=1S/C13H18ClNO/c1-2-6-12(14)10-15-13(16)9-11-7-4-3-5-8-11/h3-5,7-8,12H,2,6,9-10H2,1H3,(H,15,16). The average molecular weight is 240 g/mol. The van der Waals surface area contributed by atoms with Crippen LogP contribution in [0.1, 0.15) is 25.3 Å². The first kappa shape index (κ1) is 13.0. The van der Waals surface area contributed by atoms with Gasteiger partial charge in [-0.25, -0.2) is 0 Å². The summed E-state index contributed by atoms with van der Waals surface area (Å²) in [6, 6.07) is 9.71. The summed E-state index contributed by atoms with van der Waals surface area (Å²) in [5, 5.41) is 2.89. The summed E-state index contributed by atoms with van der Waals surface area (Å²) in [6.45, 7) is 2.64. The Labute approximate surface area is 102 Å². The fourth-order valence-corrected chi connectivity index (χ4v) is 1.78. The van der Waals surface area contributed by atoms with Gasteiger partial charge in [-0.05, 0) is 12.0 Å². The number of hydrogen-bond donors (Lipinski definition) is 1. The molecule has 0 saturated heterocycles. The maximum atomic E-state index is 11.6. The topological polar surface area (TPSA) is 29.1 Å². The van der Waals surface area contributed by atoms with Crippen LogP contribution in [-0.4, -0.2) is 17.8 Å². The molecule has 1 unspecified atom stereocenters. The fourth-order valence-electron chi connectivity index (χ4n) is 1.48. The molecule has 0 saturated carbocycles. The smallest absolute Gasteiger partial charge is 0.224 e. The van der Waals surface area contributed by atoms with Crippen molar-refractivity contribution in [1.29, 1.82) is 0 Å². The zero-order chi connectivity index (χ0) is 11.8. The van der Waals surface area contributed by atoms with Crippen LogP contribution in [-0.2, 0) is 11.2 Å². The Morgan fingerprint density at radius 1 is 1.38 bits per heavy atom. The second kappa shape index (κ2) is 7.29. The van der Waals surface area contributed by atoms with Crippen molar-refractivity contribution in [2.45, 2.75) is 31.6 Å². The number of amides is 1. The van der Waals surface area contributed by atoms with Crippen molar-refractivity contribution in [2.75, 3.05) is 6.54 Å². The lowest BCUT2D eigenvalue weighted by atomic mass is 10.1. The molecule has 0 spiro atoms. The SMILES string of the molecule is CCCC(Cl)CNC(=O)Cc1ccccc1. The van der Waals surface area contributed by atoms with Crippen LogP contribution in [0.2, 0.25) is 0 Å². The molecule has 1 N–H and O–H groups in total. The Hall–Kier alpha value is -1.02. The van der Waals surface area contributed by atoms with E-state index in [0.717, 1.165) is 18.4 Å². The highest BCUT2D eigenvalue weighted by molar-refractivity contribution is 6.20. The number of nitrogens with one attached hydrogen (secondary N) is 1. The van der Waals surface area contributed by atoms with Gasteiger partial charge in [0.05, 0.1) is 11.8 Å². The Kier molecular flexibility index (Phi) is 5.94. The number of hydrogen-bond acceptors (Lipinski definition) is 1. The molecule has 0 heterocycles. The van der Waals surface area contributed by atoms with E-state index in [4.69, 9.17) is 11.6 Å². The van der Waals surface area contributed by atoms with Crippen molar-refractivity contribution in [3.63, 3.8) is 0 Å². The minimum absolute atomic E-state index is 0.0351. The summed E-state index contributed by atoms with van der Waals surface area (Å²) in [6.07, 6.45) is 2.41. The van der Waals surface area contributed by atoms with Crippen LogP contribution in [0.15, 0.2) is 30.3 Å². The number of alkyl halides is 1. The van der Waals surface area contributed by atoms with Crippen LogP contribution in [0, 0.1) is 0 Å². The summed E-state index contributed by atoms with van der Waals surface area (Å²) in [5.74, 6) is 0.0351. The third-order valence-corrected chi connectivity index (χ3v) is 2.70. The zero-order valence-electron chi connectivity index (χ0n) is 9.58. The summed E-state index contributed by atoms with van der Waals surface area (Å²) in [5.41, 5.74) is 1.03. The maximum Gasteiger partial charge on any atom is 0.224 e. The first-order chi connectivity index (χ1) is 7.72. The average Bonchev–Trinajstić information content (AvgIpc) is 2.28. The van der Waals surface area contributed by atoms with Crippen LogP contribution in [0.5, 0.6) is 0 Å². The van der Waals surface area contributed by atoms with Crippen LogP contribution < -0.4 is 5.32 Å². The van der Waals surface area contributed by atoms with Gasteiger partial charge in [-0.3, -0.25) is 4.79 Å². The molecule has 0 radical (unpaired) electrons. The van der Waals surface area contributed by atoms with Gasteiger partial charge in [0.15, 0.2) is 0 Å². The van der Waals surface area contributed by atoms with Gasteiger partial charge in [0.25, 0.3) is 0 Å². The molecule has 0 aromatic heterocycles. The van der Waals surface area contributed by atoms with E-state index in [1.54, 1.807) is 0 Å². The van der Waals surface area contributed by atoms with E-state index in [0.29, 0.717) is 13.0 Å². The monoisotopic (exact) mass is 239 g/mol. The van der Waals surface area contributed by atoms with Gasteiger partial charge in [-0.2, -0.15) is 0 Å². The van der Waals surface area contributed by atoms with Crippen molar-refractivity contribution in [2.24, 2.45) is 0 Å². The van der Waals surface area contributed by atoms with Gasteiger partial charge in [0.2, 0.25) is 5.91 Å². The summed E-state index contributed by atoms with van der Waals surface area (Å²) in [7, 11) is 0. The lowest BCUT2D eigenvalue weighted by molar-refractivity contribution is -0.120. The first-order valence-electron chi connectivity index (χ1n) is 5.67. The quantitative estimate of drug-likeness (QED) is 0.760. The molecule has 0 fully saturated rings. The Morgan fingerprint density at radius 3 is 2.69 bits per heavy atom. The van der Waals surface area contributed by atoms with E-state index in [1.165, 1.54) is 0 Å². The molecule has 1 aromatic carbocycles. The highest BCUT2D eigenvalue weighted by atomic mass is 35.5. The summed E-state index contributed by atoms with van der Waals surface area (Å²) >= 11 is 6.01. The van der Waals surface area contributed by atoms with E-state index in [1.807, 2.05) is 30.3 Å². The Morgan fingerprint density at radius 2 is 2.06 bits per heavy atom. The van der Waals surface area contributed by atoms with Crippen molar-refractivity contribution in [3.8, 4) is 0 Å². The lowest BCUT2D eigenvalue weighted by Gasteiger charge is -2.09. The van der Waals surface area contributed by atoms with Crippen LogP contribution in [0.25, 0.3) is 0 Å². The molecule has 16 heavy (non-hydrogen) atoms. The van der Waals surface area contributed by atoms with Gasteiger partial charge in [0, 0.05) is 6.54 Å². The largest absolute Gasteiger partial charge is 0.354 e. The van der Waals surface area contributed by atoms with Crippen LogP contribution in [0.4, 0.5) is 0 Å². The Bertz CT molecular complexity index is 313. The molecule has 0 aliphatic carbocycles. The molecular weight excluding hydrogens is 222 g/mol. The van der Waals surface area contributed by atoms with Crippen LogP contribution >= 0.6 is 11.6 Å². The third kappa shape index (κ3) is 5.17. The highest BCUT2D eigenvalue weighted by Crippen LogP contribution is 2.04. The van der Waals surface area contributed by atoms with Crippen molar-refractivity contribution in [3.05, 3.63) is 35.9 Å². The van der Waals surface area contributed by atoms with Gasteiger partial charge in [-0.15, -0.1) is 11.6 Å². The zero-order valence-corrected chi connectivity index (χ0v) is 10.3. The fraction of sp³-hybridized carbons (Fsp3) is 0.462. The van der Waals surface area contributed by atoms with E-state index in [9.17, 15) is 4.79 Å². The van der Waals surface area contributed by atoms with Crippen LogP contribution in [0.3, 0.4) is 0 Å². The predicted octanol–water partition coefficient (Wildman–Crippen LogP) is 2.75. The summed E-state index contributed by atoms with van der Waals surface area (Å²) < 4.78 is 0. The number of halogens is 1. The normalized spacial score (nSPS) is 12.1. The number of carbonyl (C=O) groups excluding carboxylic acids is 1. The van der Waals surface area contributed by atoms with Gasteiger partial charge in [-0.1, -0.05) is 43.7 Å². The molecule has 1 aromatic rings. The molecule has 3 heteroatoms. The summed E-state index contributed by atoms with van der Waals surface area (Å²) in [4.78, 5) is 11.6. The second-order valence-electron chi connectivity index (χ2n) is 3.85. The van der Waals surface area contributed by atoms with Gasteiger partial charge >= 0.3 is 0 Å². The predicted molar refractivity (Wildman–Crippen MR) is 67.7 cm³/mol. The van der Waals surface area contributed by atoms with E-state index in [-0.39, 0.29) is 11.3 Å². The highest BCUT2D eigenvalue weighted by Gasteiger charge is 2.06. The lowest BCUT2D eigenvalue weighted by Crippen LogP contribution is -2.30. The third-order valence-electron chi connectivity index (χ3n) is 2.33. The first-order valence-corrected chi connectivity index (χ1v) is 6.10. The molecule has 1 amide bonds. The second-order valence-corrected chi connectivity index (χ2v) is 4.47. The van der Waals surface area contributed by atoms with E-state index in [2.05, 4.69) is 12.2 Å². The van der Waals surface area contributed by atoms with Gasteiger partial charge in [0.1, 0.15) is 0 Å². The number of rotatable bonds is 6. The molecule has 1 atom stereocenters. The van der Waals surface area contributed by atoms with Crippen molar-refractivity contribution >= 4 is 17.5 Å². The minimum atomic E-state index is 0.0351. The number of benzene rings is 1. The molecule has 1 rings (SSSR count). The molecular formula is C13H18ClNO. The van der Waals surface area contributed by atoms with Gasteiger partial charge < -0.3 is 5.32 Å². The van der Waals surface area contributed by atoms with Crippen molar-refractivity contribution in [1.82, 2.24) is 5.32 Å². The molecule has 0 aliphatic rings. The minimum Gasteiger partial charge on any atom is -0.354 e. The van der Waals surface area contributed by atoms with E-state index < -0.39 is 0 Å². The Balaban J connectivity index is 2.26.